The van der Waals surface area contributed by atoms with Crippen LogP contribution in [0.4, 0.5) is 0 Å². The summed E-state index contributed by atoms with van der Waals surface area (Å²) in [6.07, 6.45) is 10.9. The van der Waals surface area contributed by atoms with Gasteiger partial charge in [-0.2, -0.15) is 46.5 Å². The third kappa shape index (κ3) is 7.06. The zero-order valence-electron chi connectivity index (χ0n) is 15.0. The Hall–Kier alpha value is -0.846. The van der Waals surface area contributed by atoms with Gasteiger partial charge in [0, 0.05) is 0 Å². The summed E-state index contributed by atoms with van der Waals surface area (Å²) in [4.78, 5) is 0. The van der Waals surface area contributed by atoms with Crippen LogP contribution in [0, 0.1) is 14.9 Å². The van der Waals surface area contributed by atoms with Gasteiger partial charge in [-0.15, -0.1) is 13.2 Å². The molecule has 0 aliphatic heterocycles. The standard InChI is InChI=1S/2C9H11.C2H4.2CH3.Ti/c2*1-2-5-9-7-3-6-8(9)4-1;1-2;;;/h2*3,6-7H,1-2,4-5H2;1-2H2;2*1H3;/q2*-1;;2*-1;+4. The zero-order chi connectivity index (χ0) is 14.2. The van der Waals surface area contributed by atoms with E-state index >= 15 is 0 Å². The van der Waals surface area contributed by atoms with Crippen molar-refractivity contribution in [1.82, 2.24) is 0 Å². The molecule has 0 aromatic heterocycles. The van der Waals surface area contributed by atoms with Crippen LogP contribution >= 0.6 is 0 Å². The van der Waals surface area contributed by atoms with Crippen molar-refractivity contribution in [3.63, 3.8) is 0 Å². The summed E-state index contributed by atoms with van der Waals surface area (Å²) < 4.78 is 0. The number of fused-ring (bicyclic) bond motifs is 2. The molecule has 2 aromatic rings. The van der Waals surface area contributed by atoms with E-state index in [0.29, 0.717) is 0 Å². The van der Waals surface area contributed by atoms with Gasteiger partial charge in [0.15, 0.2) is 0 Å². The van der Waals surface area contributed by atoms with Crippen molar-refractivity contribution < 1.29 is 21.7 Å². The summed E-state index contributed by atoms with van der Waals surface area (Å²) in [5.74, 6) is 0. The predicted octanol–water partition coefficient (Wildman–Crippen LogP) is 6.27. The van der Waals surface area contributed by atoms with Crippen LogP contribution in [0.15, 0.2) is 49.6 Å². The number of hydrogen-bond donors (Lipinski definition) is 0. The van der Waals surface area contributed by atoms with E-state index in [1.54, 1.807) is 22.3 Å². The fraction of sp³-hybridized carbons (Fsp3) is 0.364. The molecule has 0 bridgehead atoms. The molecule has 2 aromatic carbocycles. The first-order valence-corrected chi connectivity index (χ1v) is 7.90. The van der Waals surface area contributed by atoms with E-state index in [9.17, 15) is 0 Å². The van der Waals surface area contributed by atoms with E-state index in [4.69, 9.17) is 0 Å². The summed E-state index contributed by atoms with van der Waals surface area (Å²) in [5.41, 5.74) is 6.39. The average Bonchev–Trinajstić information content (AvgIpc) is 3.18. The molecule has 2 aliphatic rings. The fourth-order valence-corrected chi connectivity index (χ4v) is 3.23. The molecule has 4 rings (SSSR count). The molecule has 0 saturated heterocycles. The molecule has 124 valence electrons. The van der Waals surface area contributed by atoms with E-state index in [0.717, 1.165) is 0 Å². The third-order valence-corrected chi connectivity index (χ3v) is 4.30. The van der Waals surface area contributed by atoms with Gasteiger partial charge < -0.3 is 14.9 Å². The molecule has 23 heavy (non-hydrogen) atoms. The van der Waals surface area contributed by atoms with E-state index in [1.165, 1.54) is 51.4 Å². The minimum absolute atomic E-state index is 0. The van der Waals surface area contributed by atoms with Gasteiger partial charge in [-0.3, -0.25) is 0 Å². The van der Waals surface area contributed by atoms with Crippen molar-refractivity contribution in [1.29, 1.82) is 0 Å². The summed E-state index contributed by atoms with van der Waals surface area (Å²) in [6.45, 7) is 6.00. The summed E-state index contributed by atoms with van der Waals surface area (Å²) in [6, 6.07) is 13.4. The summed E-state index contributed by atoms with van der Waals surface area (Å²) >= 11 is 0. The van der Waals surface area contributed by atoms with Crippen molar-refractivity contribution in [2.24, 2.45) is 0 Å². The van der Waals surface area contributed by atoms with Gasteiger partial charge >= 0.3 is 21.7 Å². The molecule has 0 fully saturated rings. The van der Waals surface area contributed by atoms with Crippen LogP contribution in [0.3, 0.4) is 0 Å². The van der Waals surface area contributed by atoms with Gasteiger partial charge in [-0.05, 0) is 0 Å². The molecule has 0 N–H and O–H groups in total. The van der Waals surface area contributed by atoms with Crippen LogP contribution in [0.1, 0.15) is 47.9 Å². The number of hydrogen-bond acceptors (Lipinski definition) is 0. The van der Waals surface area contributed by atoms with Crippen molar-refractivity contribution in [3.8, 4) is 0 Å². The molecule has 0 heterocycles. The Balaban J connectivity index is 0. The maximum absolute atomic E-state index is 3.00. The molecule has 0 nitrogen and oxygen atoms in total. The molecule has 2 aliphatic carbocycles. The van der Waals surface area contributed by atoms with Gasteiger partial charge in [-0.25, -0.2) is 12.1 Å². The molecule has 0 saturated carbocycles. The second kappa shape index (κ2) is 13.6. The largest absolute Gasteiger partial charge is 4.00 e. The Morgan fingerprint density at radius 3 is 1.35 bits per heavy atom. The second-order valence-electron chi connectivity index (χ2n) is 5.57. The van der Waals surface area contributed by atoms with E-state index in [2.05, 4.69) is 49.6 Å². The molecule has 1 heteroatoms. The summed E-state index contributed by atoms with van der Waals surface area (Å²) in [5, 5.41) is 0. The van der Waals surface area contributed by atoms with Gasteiger partial charge in [0.2, 0.25) is 0 Å². The Morgan fingerprint density at radius 2 is 1.00 bits per heavy atom. The van der Waals surface area contributed by atoms with Gasteiger partial charge in [-0.1, -0.05) is 51.4 Å². The number of aryl methyl sites for hydroxylation is 4. The average molecular weight is 344 g/mol. The van der Waals surface area contributed by atoms with Crippen molar-refractivity contribution in [3.05, 3.63) is 86.7 Å². The smallest absolute Gasteiger partial charge is 0.358 e. The third-order valence-electron chi connectivity index (χ3n) is 4.30. The molecule has 0 spiro atoms. The Labute approximate surface area is 159 Å². The zero-order valence-corrected chi connectivity index (χ0v) is 16.6. The quantitative estimate of drug-likeness (QED) is 0.300. The van der Waals surface area contributed by atoms with Gasteiger partial charge in [0.1, 0.15) is 0 Å². The molecule has 0 radical (unpaired) electrons. The normalized spacial score (nSPS) is 13.7. The van der Waals surface area contributed by atoms with E-state index < -0.39 is 0 Å². The first kappa shape index (κ1) is 24.4. The van der Waals surface area contributed by atoms with Gasteiger partial charge in [0.25, 0.3) is 0 Å². The fourth-order valence-electron chi connectivity index (χ4n) is 3.23. The molecular formula is C22H32Ti. The van der Waals surface area contributed by atoms with Crippen LogP contribution in [0.2, 0.25) is 0 Å². The Bertz CT molecular complexity index is 416. The molecule has 0 unspecified atom stereocenters. The minimum Gasteiger partial charge on any atom is -0.358 e. The minimum atomic E-state index is 0. The summed E-state index contributed by atoms with van der Waals surface area (Å²) in [7, 11) is 0. The maximum Gasteiger partial charge on any atom is 4.00 e. The maximum atomic E-state index is 3.00. The van der Waals surface area contributed by atoms with Crippen molar-refractivity contribution in [2.45, 2.75) is 51.4 Å². The second-order valence-corrected chi connectivity index (χ2v) is 5.57. The SMILES string of the molecule is C=C.[CH3-].[CH3-].[Ti+4].c1cc2c([cH-]1)CCCC2.c1cc2c([cH-]1)CCCC2. The van der Waals surface area contributed by atoms with E-state index in [-0.39, 0.29) is 36.6 Å². The predicted molar refractivity (Wildman–Crippen MR) is 101 cm³/mol. The Morgan fingerprint density at radius 1 is 0.652 bits per heavy atom. The molecular weight excluding hydrogens is 312 g/mol. The molecule has 0 atom stereocenters. The van der Waals surface area contributed by atoms with Crippen LogP contribution in [-0.4, -0.2) is 0 Å². The Kier molecular flexibility index (Phi) is 14.4. The monoisotopic (exact) mass is 344 g/mol. The van der Waals surface area contributed by atoms with Crippen LogP contribution in [0.25, 0.3) is 0 Å². The van der Waals surface area contributed by atoms with Crippen molar-refractivity contribution in [2.75, 3.05) is 0 Å². The number of rotatable bonds is 0. The van der Waals surface area contributed by atoms with E-state index in [1.807, 2.05) is 0 Å². The molecule has 0 amide bonds. The first-order valence-electron chi connectivity index (χ1n) is 7.90. The van der Waals surface area contributed by atoms with Crippen LogP contribution in [-0.2, 0) is 47.4 Å². The van der Waals surface area contributed by atoms with Crippen molar-refractivity contribution >= 4 is 0 Å². The van der Waals surface area contributed by atoms with Crippen LogP contribution < -0.4 is 0 Å². The topological polar surface area (TPSA) is 0 Å². The first-order chi connectivity index (χ1) is 9.93. The van der Waals surface area contributed by atoms with Crippen LogP contribution in [0.5, 0.6) is 0 Å². The van der Waals surface area contributed by atoms with Gasteiger partial charge in [0.05, 0.1) is 0 Å².